The molecule has 4 rings (SSSR count). The van der Waals surface area contributed by atoms with Crippen LogP contribution >= 0.6 is 11.6 Å². The summed E-state index contributed by atoms with van der Waals surface area (Å²) in [7, 11) is 3.19. The smallest absolute Gasteiger partial charge is 0.336 e. The number of halogens is 1. The van der Waals surface area contributed by atoms with E-state index in [0.29, 0.717) is 52.8 Å². The third-order valence-corrected chi connectivity index (χ3v) is 6.89. The SMILES string of the molecule is COc1ccc([C@H]2CC(=O)C3=C(C2)NC(C)=C(C(=O)OCC(C)C)[C@@H]3c2cccc(Cl)c2)cc1OC. The van der Waals surface area contributed by atoms with Crippen LogP contribution < -0.4 is 14.8 Å². The molecule has 36 heavy (non-hydrogen) atoms. The molecule has 1 aliphatic heterocycles. The Morgan fingerprint density at radius 3 is 2.47 bits per heavy atom. The molecule has 2 aromatic carbocycles. The number of dihydropyridines is 1. The van der Waals surface area contributed by atoms with Crippen molar-refractivity contribution in [3.8, 4) is 11.5 Å². The number of carbonyl (C=O) groups is 2. The molecule has 0 spiro atoms. The summed E-state index contributed by atoms with van der Waals surface area (Å²) in [5.74, 6) is 0.467. The molecule has 0 radical (unpaired) electrons. The molecule has 0 aromatic heterocycles. The maximum atomic E-state index is 13.7. The number of benzene rings is 2. The average molecular weight is 510 g/mol. The number of hydrogen-bond donors (Lipinski definition) is 1. The first-order valence-corrected chi connectivity index (χ1v) is 12.5. The zero-order valence-electron chi connectivity index (χ0n) is 21.3. The monoisotopic (exact) mass is 509 g/mol. The van der Waals surface area contributed by atoms with E-state index in [9.17, 15) is 9.59 Å². The molecule has 0 bridgehead atoms. The van der Waals surface area contributed by atoms with Crippen LogP contribution in [0.15, 0.2) is 65.0 Å². The van der Waals surface area contributed by atoms with Gasteiger partial charge in [-0.3, -0.25) is 4.79 Å². The van der Waals surface area contributed by atoms with E-state index < -0.39 is 11.9 Å². The molecular formula is C29H32ClNO5. The number of nitrogens with one attached hydrogen (secondary N) is 1. The summed E-state index contributed by atoms with van der Waals surface area (Å²) in [5.41, 5.74) is 4.37. The molecule has 0 fully saturated rings. The minimum Gasteiger partial charge on any atom is -0.493 e. The summed E-state index contributed by atoms with van der Waals surface area (Å²) in [6, 6.07) is 13.1. The van der Waals surface area contributed by atoms with Crippen molar-refractivity contribution in [1.82, 2.24) is 5.32 Å². The number of rotatable bonds is 7. The van der Waals surface area contributed by atoms with Crippen molar-refractivity contribution >= 4 is 23.4 Å². The van der Waals surface area contributed by atoms with Crippen LogP contribution in [0.2, 0.25) is 5.02 Å². The minimum absolute atomic E-state index is 0.00447. The van der Waals surface area contributed by atoms with Gasteiger partial charge in [0.2, 0.25) is 0 Å². The number of Topliss-reactive ketones (excluding diaryl/α,β-unsaturated/α-hetero) is 1. The van der Waals surface area contributed by atoms with Gasteiger partial charge in [-0.25, -0.2) is 4.79 Å². The van der Waals surface area contributed by atoms with Crippen LogP contribution in [0.3, 0.4) is 0 Å². The molecule has 6 nitrogen and oxygen atoms in total. The summed E-state index contributed by atoms with van der Waals surface area (Å²) in [6.07, 6.45) is 0.944. The first-order valence-electron chi connectivity index (χ1n) is 12.1. The lowest BCUT2D eigenvalue weighted by atomic mass is 9.71. The molecule has 0 amide bonds. The topological polar surface area (TPSA) is 73.9 Å². The number of ether oxygens (including phenoxy) is 3. The van der Waals surface area contributed by atoms with Gasteiger partial charge in [0, 0.05) is 34.3 Å². The lowest BCUT2D eigenvalue weighted by Gasteiger charge is -2.37. The van der Waals surface area contributed by atoms with E-state index in [2.05, 4.69) is 5.32 Å². The van der Waals surface area contributed by atoms with E-state index in [1.807, 2.05) is 57.2 Å². The van der Waals surface area contributed by atoms with Gasteiger partial charge in [-0.2, -0.15) is 0 Å². The fourth-order valence-corrected chi connectivity index (χ4v) is 5.19. The maximum Gasteiger partial charge on any atom is 0.336 e. The van der Waals surface area contributed by atoms with Gasteiger partial charge in [0.25, 0.3) is 0 Å². The summed E-state index contributed by atoms with van der Waals surface area (Å²) in [6.45, 7) is 6.14. The van der Waals surface area contributed by atoms with Crippen LogP contribution in [0.5, 0.6) is 11.5 Å². The van der Waals surface area contributed by atoms with Crippen LogP contribution in [-0.2, 0) is 14.3 Å². The number of allylic oxidation sites excluding steroid dienone is 3. The van der Waals surface area contributed by atoms with E-state index in [-0.39, 0.29) is 17.6 Å². The Kier molecular flexibility index (Phi) is 7.74. The van der Waals surface area contributed by atoms with E-state index in [1.54, 1.807) is 20.3 Å². The lowest BCUT2D eigenvalue weighted by Crippen LogP contribution is -2.36. The van der Waals surface area contributed by atoms with Crippen LogP contribution in [0.4, 0.5) is 0 Å². The van der Waals surface area contributed by atoms with Crippen molar-refractivity contribution in [2.24, 2.45) is 5.92 Å². The Labute approximate surface area is 217 Å². The highest BCUT2D eigenvalue weighted by Crippen LogP contribution is 2.46. The molecule has 2 aliphatic rings. The van der Waals surface area contributed by atoms with Crippen molar-refractivity contribution < 1.29 is 23.8 Å². The van der Waals surface area contributed by atoms with Crippen LogP contribution in [0.1, 0.15) is 56.6 Å². The van der Waals surface area contributed by atoms with Crippen molar-refractivity contribution in [2.45, 2.75) is 45.4 Å². The third kappa shape index (κ3) is 5.14. The Morgan fingerprint density at radius 1 is 1.06 bits per heavy atom. The number of hydrogen-bond acceptors (Lipinski definition) is 6. The van der Waals surface area contributed by atoms with Crippen molar-refractivity contribution in [2.75, 3.05) is 20.8 Å². The lowest BCUT2D eigenvalue weighted by molar-refractivity contribution is -0.140. The number of methoxy groups -OCH3 is 2. The number of carbonyl (C=O) groups excluding carboxylic acids is 2. The van der Waals surface area contributed by atoms with E-state index in [0.717, 1.165) is 16.8 Å². The molecule has 2 atom stereocenters. The van der Waals surface area contributed by atoms with Gasteiger partial charge in [0.15, 0.2) is 17.3 Å². The second kappa shape index (κ2) is 10.8. The van der Waals surface area contributed by atoms with E-state index >= 15 is 0 Å². The third-order valence-electron chi connectivity index (χ3n) is 6.66. The predicted molar refractivity (Wildman–Crippen MR) is 139 cm³/mol. The normalized spacial score (nSPS) is 19.7. The maximum absolute atomic E-state index is 13.7. The first kappa shape index (κ1) is 25.8. The molecule has 0 saturated carbocycles. The minimum atomic E-state index is -0.543. The van der Waals surface area contributed by atoms with Crippen molar-refractivity contribution in [1.29, 1.82) is 0 Å². The quantitative estimate of drug-likeness (QED) is 0.467. The largest absolute Gasteiger partial charge is 0.493 e. The zero-order chi connectivity index (χ0) is 26.0. The fourth-order valence-electron chi connectivity index (χ4n) is 4.99. The van der Waals surface area contributed by atoms with Gasteiger partial charge in [-0.15, -0.1) is 0 Å². The second-order valence-electron chi connectivity index (χ2n) is 9.68. The highest BCUT2D eigenvalue weighted by Gasteiger charge is 2.41. The standard InChI is InChI=1S/C29H32ClNO5/c1-16(2)15-36-29(33)26-17(3)31-22-12-20(18-9-10-24(34-4)25(14-18)35-5)13-23(32)28(22)27(26)19-7-6-8-21(30)11-19/h6-11,14,16,20,27,31H,12-13,15H2,1-5H3/t20-,27+/m1/s1. The molecule has 2 aromatic rings. The highest BCUT2D eigenvalue weighted by molar-refractivity contribution is 6.30. The Balaban J connectivity index is 1.75. The highest BCUT2D eigenvalue weighted by atomic mass is 35.5. The summed E-state index contributed by atoms with van der Waals surface area (Å²) < 4.78 is 16.5. The van der Waals surface area contributed by atoms with Gasteiger partial charge in [0.05, 0.1) is 26.4 Å². The van der Waals surface area contributed by atoms with Gasteiger partial charge < -0.3 is 19.5 Å². The van der Waals surface area contributed by atoms with Crippen molar-refractivity contribution in [3.63, 3.8) is 0 Å². The molecule has 0 unspecified atom stereocenters. The summed E-state index contributed by atoms with van der Waals surface area (Å²) in [5, 5.41) is 3.93. The number of ketones is 1. The molecule has 1 aliphatic carbocycles. The Hall–Kier alpha value is -3.25. The molecule has 190 valence electrons. The van der Waals surface area contributed by atoms with Gasteiger partial charge >= 0.3 is 5.97 Å². The molecule has 7 heteroatoms. The predicted octanol–water partition coefficient (Wildman–Crippen LogP) is 5.92. The fraction of sp³-hybridized carbons (Fsp3) is 0.379. The van der Waals surface area contributed by atoms with Crippen LogP contribution in [0.25, 0.3) is 0 Å². The van der Waals surface area contributed by atoms with Crippen LogP contribution in [0, 0.1) is 5.92 Å². The van der Waals surface area contributed by atoms with Gasteiger partial charge in [-0.1, -0.05) is 43.6 Å². The van der Waals surface area contributed by atoms with E-state index in [1.165, 1.54) is 0 Å². The van der Waals surface area contributed by atoms with Crippen molar-refractivity contribution in [3.05, 3.63) is 81.2 Å². The van der Waals surface area contributed by atoms with Gasteiger partial charge in [-0.05, 0) is 60.6 Å². The Morgan fingerprint density at radius 2 is 1.81 bits per heavy atom. The molecule has 1 heterocycles. The zero-order valence-corrected chi connectivity index (χ0v) is 22.1. The number of esters is 1. The second-order valence-corrected chi connectivity index (χ2v) is 10.1. The molecular weight excluding hydrogens is 478 g/mol. The van der Waals surface area contributed by atoms with Gasteiger partial charge in [0.1, 0.15) is 0 Å². The molecule has 0 saturated heterocycles. The first-order chi connectivity index (χ1) is 17.2. The average Bonchev–Trinajstić information content (AvgIpc) is 2.85. The Bertz CT molecular complexity index is 1250. The van der Waals surface area contributed by atoms with Crippen LogP contribution in [-0.4, -0.2) is 32.6 Å². The summed E-state index contributed by atoms with van der Waals surface area (Å²) in [4.78, 5) is 27.0. The summed E-state index contributed by atoms with van der Waals surface area (Å²) >= 11 is 6.33. The van der Waals surface area contributed by atoms with E-state index in [4.69, 9.17) is 25.8 Å². The molecule has 1 N–H and O–H groups in total.